The van der Waals surface area contributed by atoms with Gasteiger partial charge in [0.15, 0.2) is 0 Å². The Hall–Kier alpha value is -3.22. The van der Waals surface area contributed by atoms with Crippen molar-refractivity contribution in [1.29, 1.82) is 0 Å². The van der Waals surface area contributed by atoms with Crippen molar-refractivity contribution in [2.75, 3.05) is 0 Å². The highest BCUT2D eigenvalue weighted by Crippen LogP contribution is 2.18. The van der Waals surface area contributed by atoms with Gasteiger partial charge in [0.1, 0.15) is 18.2 Å². The Bertz CT molecular complexity index is 805. The number of nitrogens with zero attached hydrogens (tertiary/aromatic N) is 1. The Morgan fingerprint density at radius 2 is 1.70 bits per heavy atom. The van der Waals surface area contributed by atoms with E-state index in [9.17, 15) is 19.7 Å². The number of nitro groups is 1. The number of rotatable bonds is 8. The van der Waals surface area contributed by atoms with E-state index in [0.29, 0.717) is 6.42 Å². The molecule has 0 aromatic heterocycles. The van der Waals surface area contributed by atoms with Crippen molar-refractivity contribution < 1.29 is 19.2 Å². The smallest absolute Gasteiger partial charge is 0.328 e. The first kappa shape index (κ1) is 20.1. The average Bonchev–Trinajstić information content (AvgIpc) is 2.66. The molecule has 0 bridgehead atoms. The van der Waals surface area contributed by atoms with Gasteiger partial charge in [-0.1, -0.05) is 56.3 Å². The number of benzene rings is 2. The molecule has 0 radical (unpaired) electrons. The molecule has 0 saturated heterocycles. The zero-order valence-electron chi connectivity index (χ0n) is 15.3. The monoisotopic (exact) mass is 370 g/mol. The van der Waals surface area contributed by atoms with Gasteiger partial charge in [-0.2, -0.15) is 0 Å². The molecule has 7 heteroatoms. The summed E-state index contributed by atoms with van der Waals surface area (Å²) in [6, 6.07) is 13.9. The molecule has 2 rings (SSSR count). The number of carbonyl (C=O) groups is 2. The highest BCUT2D eigenvalue weighted by molar-refractivity contribution is 6.00. The molecule has 1 amide bonds. The highest BCUT2D eigenvalue weighted by Gasteiger charge is 2.27. The maximum Gasteiger partial charge on any atom is 0.328 e. The first-order valence-corrected chi connectivity index (χ1v) is 8.63. The largest absolute Gasteiger partial charge is 0.459 e. The van der Waals surface area contributed by atoms with Crippen molar-refractivity contribution >= 4 is 17.6 Å². The van der Waals surface area contributed by atoms with Crippen LogP contribution in [-0.4, -0.2) is 22.8 Å². The molecular weight excluding hydrogens is 348 g/mol. The van der Waals surface area contributed by atoms with Crippen LogP contribution in [0.4, 0.5) is 5.69 Å². The predicted molar refractivity (Wildman–Crippen MR) is 100 cm³/mol. The van der Waals surface area contributed by atoms with E-state index < -0.39 is 22.8 Å². The zero-order valence-corrected chi connectivity index (χ0v) is 15.3. The lowest BCUT2D eigenvalue weighted by molar-refractivity contribution is -0.385. The molecule has 0 aliphatic carbocycles. The van der Waals surface area contributed by atoms with Crippen LogP contribution in [0, 0.1) is 16.0 Å². The van der Waals surface area contributed by atoms with Gasteiger partial charge >= 0.3 is 5.97 Å². The molecular formula is C20H22N2O5. The van der Waals surface area contributed by atoms with E-state index >= 15 is 0 Å². The summed E-state index contributed by atoms with van der Waals surface area (Å²) in [5, 5.41) is 13.7. The van der Waals surface area contributed by atoms with Crippen LogP contribution in [0.1, 0.15) is 36.2 Å². The molecule has 142 valence electrons. The first-order chi connectivity index (χ1) is 12.9. The number of hydrogen-bond acceptors (Lipinski definition) is 5. The van der Waals surface area contributed by atoms with Crippen molar-refractivity contribution in [2.45, 2.75) is 32.9 Å². The minimum atomic E-state index is -0.888. The fourth-order valence-electron chi connectivity index (χ4n) is 2.58. The maximum atomic E-state index is 12.5. The van der Waals surface area contributed by atoms with E-state index in [0.717, 1.165) is 5.56 Å². The van der Waals surface area contributed by atoms with E-state index in [1.807, 2.05) is 44.2 Å². The summed E-state index contributed by atoms with van der Waals surface area (Å²) in [5.74, 6) is -1.13. The molecule has 2 aromatic rings. The Morgan fingerprint density at radius 3 is 2.33 bits per heavy atom. The lowest BCUT2D eigenvalue weighted by Gasteiger charge is -2.19. The van der Waals surface area contributed by atoms with Crippen LogP contribution in [0.25, 0.3) is 0 Å². The van der Waals surface area contributed by atoms with Gasteiger partial charge in [0.2, 0.25) is 0 Å². The number of nitrogens with one attached hydrogen (secondary N) is 1. The summed E-state index contributed by atoms with van der Waals surface area (Å²) >= 11 is 0. The number of amides is 1. The van der Waals surface area contributed by atoms with Crippen LogP contribution in [0.15, 0.2) is 54.6 Å². The molecule has 1 N–H and O–H groups in total. The van der Waals surface area contributed by atoms with E-state index in [2.05, 4.69) is 5.32 Å². The van der Waals surface area contributed by atoms with Gasteiger partial charge in [-0.05, 0) is 24.0 Å². The van der Waals surface area contributed by atoms with Gasteiger partial charge in [0.05, 0.1) is 4.92 Å². The summed E-state index contributed by atoms with van der Waals surface area (Å²) in [6.07, 6.45) is 0.361. The standard InChI is InChI=1S/C20H22N2O5/c1-14(2)12-17(20(24)27-13-15-8-4-3-5-9-15)21-19(23)16-10-6-7-11-18(16)22(25)26/h3-11,14,17H,12-13H2,1-2H3,(H,21,23)/t17-/m0/s1. The highest BCUT2D eigenvalue weighted by atomic mass is 16.6. The van der Waals surface area contributed by atoms with Gasteiger partial charge in [0, 0.05) is 6.07 Å². The van der Waals surface area contributed by atoms with Crippen LogP contribution >= 0.6 is 0 Å². The predicted octanol–water partition coefficient (Wildman–Crippen LogP) is 3.48. The SMILES string of the molecule is CC(C)C[C@H](NC(=O)c1ccccc1[N+](=O)[O-])C(=O)OCc1ccccc1. The van der Waals surface area contributed by atoms with Crippen LogP contribution in [0.2, 0.25) is 0 Å². The number of nitro benzene ring substituents is 1. The zero-order chi connectivity index (χ0) is 19.8. The van der Waals surface area contributed by atoms with Crippen molar-refractivity contribution in [3.63, 3.8) is 0 Å². The van der Waals surface area contributed by atoms with E-state index in [1.54, 1.807) is 0 Å². The average molecular weight is 370 g/mol. The number of hydrogen-bond donors (Lipinski definition) is 1. The van der Waals surface area contributed by atoms with E-state index in [4.69, 9.17) is 4.74 Å². The molecule has 27 heavy (non-hydrogen) atoms. The van der Waals surface area contributed by atoms with Crippen molar-refractivity contribution in [2.24, 2.45) is 5.92 Å². The molecule has 0 aliphatic heterocycles. The Balaban J connectivity index is 2.10. The third-order valence-electron chi connectivity index (χ3n) is 3.87. The fraction of sp³-hybridized carbons (Fsp3) is 0.300. The lowest BCUT2D eigenvalue weighted by Crippen LogP contribution is -2.42. The van der Waals surface area contributed by atoms with Crippen molar-refractivity contribution in [1.82, 2.24) is 5.32 Å². The van der Waals surface area contributed by atoms with Gasteiger partial charge in [-0.15, -0.1) is 0 Å². The Labute approximate surface area is 157 Å². The van der Waals surface area contributed by atoms with Crippen LogP contribution in [0.5, 0.6) is 0 Å². The minimum Gasteiger partial charge on any atom is -0.459 e. The van der Waals surface area contributed by atoms with Crippen molar-refractivity contribution in [3.8, 4) is 0 Å². The maximum absolute atomic E-state index is 12.5. The molecule has 2 aromatic carbocycles. The second-order valence-corrected chi connectivity index (χ2v) is 6.52. The summed E-state index contributed by atoms with van der Waals surface area (Å²) in [7, 11) is 0. The van der Waals surface area contributed by atoms with Gasteiger partial charge < -0.3 is 10.1 Å². The third kappa shape index (κ3) is 5.91. The molecule has 0 fully saturated rings. The first-order valence-electron chi connectivity index (χ1n) is 8.63. The van der Waals surface area contributed by atoms with Crippen molar-refractivity contribution in [3.05, 3.63) is 75.8 Å². The van der Waals surface area contributed by atoms with E-state index in [1.165, 1.54) is 24.3 Å². The van der Waals surface area contributed by atoms with Gasteiger partial charge in [-0.25, -0.2) is 4.79 Å². The fourth-order valence-corrected chi connectivity index (χ4v) is 2.58. The normalized spacial score (nSPS) is 11.7. The molecule has 0 saturated carbocycles. The summed E-state index contributed by atoms with van der Waals surface area (Å²) in [4.78, 5) is 35.5. The molecule has 0 unspecified atom stereocenters. The van der Waals surface area contributed by atoms with Gasteiger partial charge in [-0.3, -0.25) is 14.9 Å². The Morgan fingerprint density at radius 1 is 1.07 bits per heavy atom. The van der Waals surface area contributed by atoms with Crippen LogP contribution < -0.4 is 5.32 Å². The Kier molecular flexibility index (Phi) is 7.05. The topological polar surface area (TPSA) is 98.5 Å². The number of para-hydroxylation sites is 1. The number of ether oxygens (including phenoxy) is 1. The number of esters is 1. The van der Waals surface area contributed by atoms with Crippen LogP contribution in [0.3, 0.4) is 0 Å². The quantitative estimate of drug-likeness (QED) is 0.436. The molecule has 1 atom stereocenters. The summed E-state index contributed by atoms with van der Waals surface area (Å²) in [5.41, 5.74) is 0.433. The van der Waals surface area contributed by atoms with Gasteiger partial charge in [0.25, 0.3) is 11.6 Å². The third-order valence-corrected chi connectivity index (χ3v) is 3.87. The molecule has 0 spiro atoms. The lowest BCUT2D eigenvalue weighted by atomic mass is 10.0. The summed E-state index contributed by atoms with van der Waals surface area (Å²) in [6.45, 7) is 3.92. The number of carbonyl (C=O) groups excluding carboxylic acids is 2. The minimum absolute atomic E-state index is 0.0906. The second kappa shape index (κ2) is 9.47. The molecule has 7 nitrogen and oxygen atoms in total. The molecule has 0 heterocycles. The molecule has 0 aliphatic rings. The summed E-state index contributed by atoms with van der Waals surface area (Å²) < 4.78 is 5.32. The van der Waals surface area contributed by atoms with E-state index in [-0.39, 0.29) is 23.8 Å². The van der Waals surface area contributed by atoms with Crippen LogP contribution in [-0.2, 0) is 16.1 Å². The second-order valence-electron chi connectivity index (χ2n) is 6.52.